The summed E-state index contributed by atoms with van der Waals surface area (Å²) in [7, 11) is 0. The predicted octanol–water partition coefficient (Wildman–Crippen LogP) is 2.88. The van der Waals surface area contributed by atoms with E-state index in [-0.39, 0.29) is 0 Å². The number of benzene rings is 1. The minimum Gasteiger partial charge on any atom is -0.310 e. The first-order valence-electron chi connectivity index (χ1n) is 5.52. The fourth-order valence-electron chi connectivity index (χ4n) is 2.20. The van der Waals surface area contributed by atoms with Crippen molar-refractivity contribution in [3.63, 3.8) is 0 Å². The molecule has 75 valence electrons. The summed E-state index contributed by atoms with van der Waals surface area (Å²) in [5.41, 5.74) is 3.03. The van der Waals surface area contributed by atoms with Crippen LogP contribution in [-0.4, -0.2) is 6.54 Å². The van der Waals surface area contributed by atoms with Crippen molar-refractivity contribution in [3.8, 4) is 0 Å². The number of unbranched alkanes of at least 4 members (excludes halogenated alkanes) is 1. The highest BCUT2D eigenvalue weighted by Crippen LogP contribution is 2.26. The number of hydrogen-bond acceptors (Lipinski definition) is 1. The Balaban J connectivity index is 2.14. The van der Waals surface area contributed by atoms with Crippen molar-refractivity contribution in [1.29, 1.82) is 0 Å². The van der Waals surface area contributed by atoms with Crippen LogP contribution in [0.1, 0.15) is 36.4 Å². The number of nitrogens with one attached hydrogen (secondary N) is 1. The molecule has 0 aromatic heterocycles. The van der Waals surface area contributed by atoms with Gasteiger partial charge in [-0.2, -0.15) is 0 Å². The predicted molar refractivity (Wildman–Crippen MR) is 60.1 cm³/mol. The Morgan fingerprint density at radius 1 is 1.36 bits per heavy atom. The minimum absolute atomic E-state index is 0.571. The number of fused-ring (bicyclic) bond motifs is 1. The van der Waals surface area contributed by atoms with Crippen LogP contribution in [0.15, 0.2) is 24.3 Å². The van der Waals surface area contributed by atoms with Crippen molar-refractivity contribution in [1.82, 2.24) is 5.32 Å². The molecular weight excluding hydrogens is 170 g/mol. The molecular formula is C13H18N. The van der Waals surface area contributed by atoms with Gasteiger partial charge in [0.15, 0.2) is 0 Å². The van der Waals surface area contributed by atoms with Gasteiger partial charge in [-0.25, -0.2) is 0 Å². The molecule has 1 heteroatoms. The van der Waals surface area contributed by atoms with Crippen LogP contribution in [0.25, 0.3) is 0 Å². The Morgan fingerprint density at radius 3 is 3.07 bits per heavy atom. The van der Waals surface area contributed by atoms with E-state index < -0.39 is 0 Å². The summed E-state index contributed by atoms with van der Waals surface area (Å²) >= 11 is 0. The lowest BCUT2D eigenvalue weighted by atomic mass is 9.91. The Bertz CT molecular complexity index is 293. The first-order valence-corrected chi connectivity index (χ1v) is 5.52. The molecule has 1 atom stereocenters. The van der Waals surface area contributed by atoms with Crippen molar-refractivity contribution in [3.05, 3.63) is 42.3 Å². The van der Waals surface area contributed by atoms with Crippen LogP contribution in [0.5, 0.6) is 0 Å². The number of rotatable bonds is 3. The summed E-state index contributed by atoms with van der Waals surface area (Å²) in [5.74, 6) is 0. The van der Waals surface area contributed by atoms with Crippen molar-refractivity contribution in [2.45, 2.75) is 31.7 Å². The van der Waals surface area contributed by atoms with E-state index in [1.165, 1.54) is 30.4 Å². The summed E-state index contributed by atoms with van der Waals surface area (Å²) < 4.78 is 0. The summed E-state index contributed by atoms with van der Waals surface area (Å²) in [6.45, 7) is 5.02. The van der Waals surface area contributed by atoms with Gasteiger partial charge >= 0.3 is 0 Å². The second-order valence-corrected chi connectivity index (χ2v) is 3.95. The highest BCUT2D eigenvalue weighted by atomic mass is 14.9. The van der Waals surface area contributed by atoms with Gasteiger partial charge in [0.05, 0.1) is 0 Å². The van der Waals surface area contributed by atoms with Crippen LogP contribution in [0.2, 0.25) is 0 Å². The lowest BCUT2D eigenvalue weighted by Gasteiger charge is -2.26. The lowest BCUT2D eigenvalue weighted by molar-refractivity contribution is 0.464. The lowest BCUT2D eigenvalue weighted by Crippen LogP contribution is -2.29. The summed E-state index contributed by atoms with van der Waals surface area (Å²) in [4.78, 5) is 0. The van der Waals surface area contributed by atoms with Crippen molar-refractivity contribution in [2.75, 3.05) is 6.54 Å². The molecule has 2 rings (SSSR count). The molecule has 1 aromatic rings. The quantitative estimate of drug-likeness (QED) is 0.769. The van der Waals surface area contributed by atoms with Gasteiger partial charge < -0.3 is 5.32 Å². The van der Waals surface area contributed by atoms with Crippen LogP contribution >= 0.6 is 0 Å². The van der Waals surface area contributed by atoms with Gasteiger partial charge in [0, 0.05) is 6.04 Å². The largest absolute Gasteiger partial charge is 0.310 e. The smallest absolute Gasteiger partial charge is 0.0323 e. The molecule has 1 radical (unpaired) electrons. The highest BCUT2D eigenvalue weighted by molar-refractivity contribution is 5.32. The third kappa shape index (κ3) is 1.98. The normalized spacial score (nSPS) is 20.5. The second kappa shape index (κ2) is 4.61. The molecule has 1 nitrogen and oxygen atoms in total. The molecule has 0 spiro atoms. The van der Waals surface area contributed by atoms with E-state index in [2.05, 4.69) is 36.5 Å². The molecule has 1 aromatic carbocycles. The maximum absolute atomic E-state index is 3.90. The molecule has 0 bridgehead atoms. The topological polar surface area (TPSA) is 12.0 Å². The average Bonchev–Trinajstić information content (AvgIpc) is 2.26. The first-order chi connectivity index (χ1) is 6.92. The molecule has 0 aliphatic carbocycles. The highest BCUT2D eigenvalue weighted by Gasteiger charge is 2.17. The molecule has 1 heterocycles. The summed E-state index contributed by atoms with van der Waals surface area (Å²) in [6.07, 6.45) is 4.66. The summed E-state index contributed by atoms with van der Waals surface area (Å²) in [5, 5.41) is 3.58. The van der Waals surface area contributed by atoms with E-state index in [9.17, 15) is 0 Å². The van der Waals surface area contributed by atoms with E-state index in [0.717, 1.165) is 13.0 Å². The SMILES string of the molecule is [CH2]CCCC1NCCc2ccccc21. The molecule has 14 heavy (non-hydrogen) atoms. The molecule has 0 fully saturated rings. The fraction of sp³-hybridized carbons (Fsp3) is 0.462. The Morgan fingerprint density at radius 2 is 2.21 bits per heavy atom. The Kier molecular flexibility index (Phi) is 3.20. The van der Waals surface area contributed by atoms with Crippen molar-refractivity contribution < 1.29 is 0 Å². The zero-order valence-electron chi connectivity index (χ0n) is 8.63. The molecule has 1 unspecified atom stereocenters. The third-order valence-electron chi connectivity index (χ3n) is 2.96. The minimum atomic E-state index is 0.571. The van der Waals surface area contributed by atoms with Crippen LogP contribution in [0, 0.1) is 6.92 Å². The van der Waals surface area contributed by atoms with Crippen LogP contribution < -0.4 is 5.32 Å². The zero-order valence-corrected chi connectivity index (χ0v) is 8.63. The fourth-order valence-corrected chi connectivity index (χ4v) is 2.20. The van der Waals surface area contributed by atoms with Crippen LogP contribution in [0.3, 0.4) is 0 Å². The van der Waals surface area contributed by atoms with Crippen molar-refractivity contribution >= 4 is 0 Å². The van der Waals surface area contributed by atoms with Gasteiger partial charge in [0.25, 0.3) is 0 Å². The molecule has 1 N–H and O–H groups in total. The van der Waals surface area contributed by atoms with Gasteiger partial charge in [-0.3, -0.25) is 0 Å². The van der Waals surface area contributed by atoms with E-state index >= 15 is 0 Å². The van der Waals surface area contributed by atoms with Gasteiger partial charge in [0.2, 0.25) is 0 Å². The molecule has 0 amide bonds. The molecule has 1 aliphatic heterocycles. The molecule has 0 saturated carbocycles. The van der Waals surface area contributed by atoms with Crippen LogP contribution in [0.4, 0.5) is 0 Å². The Labute approximate surface area is 86.5 Å². The van der Waals surface area contributed by atoms with Gasteiger partial charge in [-0.15, -0.1) is 0 Å². The molecule has 0 saturated heterocycles. The van der Waals surface area contributed by atoms with Gasteiger partial charge in [-0.05, 0) is 30.5 Å². The van der Waals surface area contributed by atoms with E-state index in [1.807, 2.05) is 0 Å². The van der Waals surface area contributed by atoms with E-state index in [1.54, 1.807) is 0 Å². The Hall–Kier alpha value is -0.820. The molecule has 1 aliphatic rings. The number of hydrogen-bond donors (Lipinski definition) is 1. The third-order valence-corrected chi connectivity index (χ3v) is 2.96. The zero-order chi connectivity index (χ0) is 9.80. The standard InChI is InChI=1S/C13H18N/c1-2-3-8-13-12-7-5-4-6-11(12)9-10-14-13/h4-7,13-14H,1-3,8-10H2. The maximum atomic E-state index is 3.90. The first kappa shape index (κ1) is 9.72. The monoisotopic (exact) mass is 188 g/mol. The van der Waals surface area contributed by atoms with Gasteiger partial charge in [0.1, 0.15) is 0 Å². The van der Waals surface area contributed by atoms with E-state index in [0.29, 0.717) is 6.04 Å². The average molecular weight is 188 g/mol. The second-order valence-electron chi connectivity index (χ2n) is 3.95. The van der Waals surface area contributed by atoms with Crippen LogP contribution in [-0.2, 0) is 6.42 Å². The maximum Gasteiger partial charge on any atom is 0.0323 e. The van der Waals surface area contributed by atoms with E-state index in [4.69, 9.17) is 0 Å². The van der Waals surface area contributed by atoms with Crippen molar-refractivity contribution in [2.24, 2.45) is 0 Å². The summed E-state index contributed by atoms with van der Waals surface area (Å²) in [6, 6.07) is 9.37. The van der Waals surface area contributed by atoms with Gasteiger partial charge in [-0.1, -0.05) is 44.0 Å².